The third-order valence-electron chi connectivity index (χ3n) is 4.08. The molecule has 8 heteroatoms. The first kappa shape index (κ1) is 18.3. The molecule has 1 N–H and O–H groups in total. The van der Waals surface area contributed by atoms with E-state index >= 15 is 0 Å². The molecule has 2 rings (SSSR count). The Balaban J connectivity index is 2.26. The lowest BCUT2D eigenvalue weighted by Gasteiger charge is -2.36. The van der Waals surface area contributed by atoms with Crippen LogP contribution in [0, 0.1) is 0 Å². The monoisotopic (exact) mass is 345 g/mol. The van der Waals surface area contributed by atoms with Gasteiger partial charge in [-0.25, -0.2) is 4.79 Å². The Morgan fingerprint density at radius 1 is 1.25 bits per heavy atom. The van der Waals surface area contributed by atoms with Crippen LogP contribution in [0.2, 0.25) is 0 Å². The van der Waals surface area contributed by atoms with E-state index in [-0.39, 0.29) is 25.3 Å². The minimum Gasteiger partial charge on any atom is -0.479 e. The summed E-state index contributed by atoms with van der Waals surface area (Å²) in [5.41, 5.74) is -1.83. The van der Waals surface area contributed by atoms with Crippen molar-refractivity contribution in [3.8, 4) is 0 Å². The third-order valence-corrected chi connectivity index (χ3v) is 4.08. The lowest BCUT2D eigenvalue weighted by molar-refractivity contribution is -0.161. The van der Waals surface area contributed by atoms with Crippen molar-refractivity contribution in [1.82, 2.24) is 4.90 Å². The van der Waals surface area contributed by atoms with Crippen LogP contribution in [0.5, 0.6) is 0 Å². The van der Waals surface area contributed by atoms with Gasteiger partial charge < -0.3 is 14.7 Å². The highest BCUT2D eigenvalue weighted by Gasteiger charge is 2.39. The quantitative estimate of drug-likeness (QED) is 0.913. The highest BCUT2D eigenvalue weighted by Crippen LogP contribution is 2.33. The second-order valence-corrected chi connectivity index (χ2v) is 6.15. The molecule has 132 valence electrons. The van der Waals surface area contributed by atoms with Gasteiger partial charge >= 0.3 is 12.1 Å². The first-order valence-corrected chi connectivity index (χ1v) is 7.35. The highest BCUT2D eigenvalue weighted by atomic mass is 19.4. The summed E-state index contributed by atoms with van der Waals surface area (Å²) in [4.78, 5) is 25.1. The normalized spacial score (nSPS) is 19.2. The molecular weight excluding hydrogens is 327 g/mol. The summed E-state index contributed by atoms with van der Waals surface area (Å²) in [6.45, 7) is 3.19. The maximum Gasteiger partial charge on any atom is 0.416 e. The van der Waals surface area contributed by atoms with Gasteiger partial charge in [0.15, 0.2) is 6.10 Å². The predicted octanol–water partition coefficient (Wildman–Crippen LogP) is 2.29. The Morgan fingerprint density at radius 2 is 1.88 bits per heavy atom. The Labute approximate surface area is 137 Å². The van der Waals surface area contributed by atoms with Gasteiger partial charge in [-0.1, -0.05) is 18.2 Å². The van der Waals surface area contributed by atoms with Gasteiger partial charge in [0.25, 0.3) is 0 Å². The molecule has 1 heterocycles. The molecule has 0 radical (unpaired) electrons. The zero-order valence-corrected chi connectivity index (χ0v) is 13.3. The number of alkyl halides is 3. The summed E-state index contributed by atoms with van der Waals surface area (Å²) < 4.78 is 43.7. The number of benzene rings is 1. The van der Waals surface area contributed by atoms with Crippen LogP contribution in [-0.4, -0.2) is 47.7 Å². The fraction of sp³-hybridized carbons (Fsp3) is 0.500. The fourth-order valence-electron chi connectivity index (χ4n) is 2.59. The van der Waals surface area contributed by atoms with Crippen LogP contribution in [0.15, 0.2) is 24.3 Å². The van der Waals surface area contributed by atoms with Crippen molar-refractivity contribution in [2.45, 2.75) is 31.5 Å². The van der Waals surface area contributed by atoms with Crippen molar-refractivity contribution in [2.75, 3.05) is 19.7 Å². The molecule has 0 unspecified atom stereocenters. The second kappa shape index (κ2) is 6.43. The summed E-state index contributed by atoms with van der Waals surface area (Å²) in [6.07, 6.45) is -5.62. The zero-order chi connectivity index (χ0) is 18.1. The molecule has 1 aromatic rings. The molecule has 0 bridgehead atoms. The van der Waals surface area contributed by atoms with Gasteiger partial charge in [-0.3, -0.25) is 4.79 Å². The Morgan fingerprint density at radius 3 is 2.46 bits per heavy atom. The fourth-order valence-corrected chi connectivity index (χ4v) is 2.59. The van der Waals surface area contributed by atoms with E-state index in [1.807, 2.05) is 0 Å². The summed E-state index contributed by atoms with van der Waals surface area (Å²) in [7, 11) is 0. The number of carbonyl (C=O) groups excluding carboxylic acids is 1. The Kier molecular flexibility index (Phi) is 4.89. The van der Waals surface area contributed by atoms with Crippen LogP contribution in [0.25, 0.3) is 0 Å². The van der Waals surface area contributed by atoms with E-state index in [2.05, 4.69) is 0 Å². The van der Waals surface area contributed by atoms with Gasteiger partial charge in [-0.2, -0.15) is 13.2 Å². The van der Waals surface area contributed by atoms with E-state index in [4.69, 9.17) is 9.84 Å². The van der Waals surface area contributed by atoms with E-state index in [1.54, 1.807) is 0 Å². The van der Waals surface area contributed by atoms with Crippen LogP contribution in [0.4, 0.5) is 13.2 Å². The van der Waals surface area contributed by atoms with Crippen LogP contribution in [0.3, 0.4) is 0 Å². The second-order valence-electron chi connectivity index (χ2n) is 6.15. The highest BCUT2D eigenvalue weighted by molar-refractivity contribution is 5.88. The maximum absolute atomic E-state index is 12.9. The minimum atomic E-state index is -4.50. The number of aliphatic carboxylic acids is 1. The van der Waals surface area contributed by atoms with Gasteiger partial charge in [-0.15, -0.1) is 0 Å². The minimum absolute atomic E-state index is 0.0708. The average Bonchev–Trinajstić information content (AvgIpc) is 2.53. The first-order chi connectivity index (χ1) is 11.0. The van der Waals surface area contributed by atoms with E-state index in [9.17, 15) is 22.8 Å². The molecule has 0 aliphatic carbocycles. The zero-order valence-electron chi connectivity index (χ0n) is 13.3. The van der Waals surface area contributed by atoms with E-state index in [0.717, 1.165) is 12.1 Å². The molecular formula is C16H18F3NO4. The summed E-state index contributed by atoms with van der Waals surface area (Å²) in [5.74, 6) is -1.61. The third kappa shape index (κ3) is 3.69. The van der Waals surface area contributed by atoms with Crippen LogP contribution < -0.4 is 0 Å². The van der Waals surface area contributed by atoms with E-state index in [0.29, 0.717) is 0 Å². The molecule has 24 heavy (non-hydrogen) atoms. The number of hydrogen-bond acceptors (Lipinski definition) is 3. The van der Waals surface area contributed by atoms with Crippen molar-refractivity contribution < 1.29 is 32.6 Å². The molecule has 1 aliphatic heterocycles. The van der Waals surface area contributed by atoms with Crippen LogP contribution in [0.1, 0.15) is 25.0 Å². The van der Waals surface area contributed by atoms with Crippen LogP contribution >= 0.6 is 0 Å². The molecule has 1 aliphatic rings. The molecule has 0 spiro atoms. The maximum atomic E-state index is 12.9. The molecule has 1 saturated heterocycles. The number of hydrogen-bond donors (Lipinski definition) is 1. The average molecular weight is 345 g/mol. The van der Waals surface area contributed by atoms with E-state index in [1.165, 1.54) is 30.9 Å². The molecule has 1 fully saturated rings. The van der Waals surface area contributed by atoms with Crippen molar-refractivity contribution >= 4 is 11.9 Å². The topological polar surface area (TPSA) is 66.8 Å². The Bertz CT molecular complexity index is 642. The number of morpholine rings is 1. The van der Waals surface area contributed by atoms with Crippen molar-refractivity contribution in [3.63, 3.8) is 0 Å². The molecule has 1 aromatic carbocycles. The first-order valence-electron chi connectivity index (χ1n) is 7.35. The number of nitrogens with zero attached hydrogens (tertiary/aromatic N) is 1. The standard InChI is InChI=1S/C16H18F3NO4/c1-15(2,10-4-3-5-11(8-10)16(17,18)19)14(23)20-6-7-24-12(9-20)13(21)22/h3-5,8,12H,6-7,9H2,1-2H3,(H,21,22)/t12-/m0/s1. The van der Waals surface area contributed by atoms with Crippen molar-refractivity contribution in [3.05, 3.63) is 35.4 Å². The van der Waals surface area contributed by atoms with E-state index < -0.39 is 35.1 Å². The van der Waals surface area contributed by atoms with Gasteiger partial charge in [-0.05, 0) is 25.5 Å². The lowest BCUT2D eigenvalue weighted by Crippen LogP contribution is -2.53. The van der Waals surface area contributed by atoms with Crippen LogP contribution in [-0.2, 0) is 25.9 Å². The number of carboxylic acids is 1. The van der Waals surface area contributed by atoms with Gasteiger partial charge in [0.1, 0.15) is 0 Å². The molecule has 5 nitrogen and oxygen atoms in total. The SMILES string of the molecule is CC(C)(C(=O)N1CCO[C@H](C(=O)O)C1)c1cccc(C(F)(F)F)c1. The number of rotatable bonds is 3. The molecule has 0 aromatic heterocycles. The predicted molar refractivity (Wildman–Crippen MR) is 78.4 cm³/mol. The number of halogens is 3. The molecule has 1 atom stereocenters. The molecule has 1 amide bonds. The number of ether oxygens (including phenoxy) is 1. The Hall–Kier alpha value is -2.09. The lowest BCUT2D eigenvalue weighted by atomic mass is 9.82. The van der Waals surface area contributed by atoms with Gasteiger partial charge in [0.2, 0.25) is 5.91 Å². The smallest absolute Gasteiger partial charge is 0.416 e. The summed E-state index contributed by atoms with van der Waals surface area (Å²) in [5, 5.41) is 9.00. The largest absolute Gasteiger partial charge is 0.479 e. The summed E-state index contributed by atoms with van der Waals surface area (Å²) in [6, 6.07) is 4.61. The van der Waals surface area contributed by atoms with Crippen molar-refractivity contribution in [2.24, 2.45) is 0 Å². The molecule has 0 saturated carbocycles. The number of carbonyl (C=O) groups is 2. The number of carboxylic acid groups (broad SMARTS) is 1. The van der Waals surface area contributed by atoms with Crippen molar-refractivity contribution in [1.29, 1.82) is 0 Å². The van der Waals surface area contributed by atoms with Gasteiger partial charge in [0.05, 0.1) is 24.1 Å². The summed E-state index contributed by atoms with van der Waals surface area (Å²) >= 11 is 0. The van der Waals surface area contributed by atoms with Gasteiger partial charge in [0, 0.05) is 6.54 Å². The number of amides is 1.